The second-order valence-electron chi connectivity index (χ2n) is 2.09. The van der Waals surface area contributed by atoms with Gasteiger partial charge in [-0.2, -0.15) is 0 Å². The van der Waals surface area contributed by atoms with Crippen LogP contribution in [0.1, 0.15) is 0 Å². The van der Waals surface area contributed by atoms with Gasteiger partial charge in [-0.25, -0.2) is 4.39 Å². The van der Waals surface area contributed by atoms with Crippen LogP contribution in [0.2, 0.25) is 0 Å². The van der Waals surface area contributed by atoms with Crippen LogP contribution in [-0.2, 0) is 0 Å². The fourth-order valence-electron chi connectivity index (χ4n) is 0.792. The summed E-state index contributed by atoms with van der Waals surface area (Å²) in [6.07, 6.45) is 0. The second kappa shape index (κ2) is 3.09. The van der Waals surface area contributed by atoms with Crippen LogP contribution in [0.5, 0.6) is 5.75 Å². The molecule has 60 valence electrons. The van der Waals surface area contributed by atoms with Crippen LogP contribution < -0.4 is 16.2 Å². The summed E-state index contributed by atoms with van der Waals surface area (Å²) in [7, 11) is 0. The molecule has 0 aliphatic heterocycles. The Morgan fingerprint density at radius 3 is 2.18 bits per heavy atom. The van der Waals surface area contributed by atoms with Gasteiger partial charge in [-0.3, -0.25) is 0 Å². The maximum atomic E-state index is 11.6. The Morgan fingerprint density at radius 1 is 1.18 bits per heavy atom. The molecule has 4 N–H and O–H groups in total. The van der Waals surface area contributed by atoms with E-state index in [1.54, 1.807) is 6.07 Å². The molecular weight excluding hydrogens is 147 g/mol. The third kappa shape index (κ3) is 2.00. The molecule has 0 aromatic heterocycles. The Labute approximate surface area is 63.8 Å². The van der Waals surface area contributed by atoms with Crippen LogP contribution in [0.3, 0.4) is 0 Å². The number of anilines is 2. The van der Waals surface area contributed by atoms with Crippen molar-refractivity contribution in [1.82, 2.24) is 0 Å². The highest BCUT2D eigenvalue weighted by atomic mass is 19.1. The molecule has 0 spiro atoms. The minimum atomic E-state index is -0.872. The highest BCUT2D eigenvalue weighted by Gasteiger charge is 1.95. The van der Waals surface area contributed by atoms with Crippen molar-refractivity contribution in [3.8, 4) is 5.75 Å². The molecular formula is C7H9FN2O. The normalized spacial score (nSPS) is 9.55. The van der Waals surface area contributed by atoms with Crippen LogP contribution in [0.4, 0.5) is 15.8 Å². The van der Waals surface area contributed by atoms with E-state index in [2.05, 4.69) is 4.74 Å². The van der Waals surface area contributed by atoms with E-state index in [-0.39, 0.29) is 0 Å². The first-order chi connectivity index (χ1) is 5.22. The molecule has 0 amide bonds. The van der Waals surface area contributed by atoms with E-state index in [9.17, 15) is 4.39 Å². The van der Waals surface area contributed by atoms with E-state index < -0.39 is 6.86 Å². The molecule has 1 aromatic carbocycles. The molecule has 0 atom stereocenters. The van der Waals surface area contributed by atoms with Gasteiger partial charge in [0.2, 0.25) is 6.86 Å². The lowest BCUT2D eigenvalue weighted by Crippen LogP contribution is -1.94. The van der Waals surface area contributed by atoms with Crippen LogP contribution in [0, 0.1) is 0 Å². The highest BCUT2D eigenvalue weighted by molar-refractivity contribution is 5.56. The van der Waals surface area contributed by atoms with Gasteiger partial charge in [0.15, 0.2) is 0 Å². The second-order valence-corrected chi connectivity index (χ2v) is 2.09. The third-order valence-corrected chi connectivity index (χ3v) is 1.17. The molecule has 0 aliphatic rings. The first-order valence-corrected chi connectivity index (χ1v) is 3.07. The molecule has 0 bridgehead atoms. The summed E-state index contributed by atoms with van der Waals surface area (Å²) in [5, 5.41) is 0. The molecule has 1 aromatic rings. The first kappa shape index (κ1) is 7.65. The lowest BCUT2D eigenvalue weighted by atomic mass is 10.3. The lowest BCUT2D eigenvalue weighted by Gasteiger charge is -2.02. The van der Waals surface area contributed by atoms with Gasteiger partial charge in [-0.15, -0.1) is 0 Å². The Morgan fingerprint density at radius 2 is 1.73 bits per heavy atom. The molecule has 0 heterocycles. The number of rotatable bonds is 2. The molecule has 3 nitrogen and oxygen atoms in total. The smallest absolute Gasteiger partial charge is 0.228 e. The number of hydrogen-bond acceptors (Lipinski definition) is 3. The van der Waals surface area contributed by atoms with Crippen molar-refractivity contribution in [2.24, 2.45) is 0 Å². The van der Waals surface area contributed by atoms with E-state index in [1.807, 2.05) is 0 Å². The quantitative estimate of drug-likeness (QED) is 0.631. The topological polar surface area (TPSA) is 61.3 Å². The molecule has 0 aliphatic carbocycles. The Hall–Kier alpha value is -1.45. The van der Waals surface area contributed by atoms with Gasteiger partial charge >= 0.3 is 0 Å². The van der Waals surface area contributed by atoms with Crippen molar-refractivity contribution in [3.63, 3.8) is 0 Å². The molecule has 4 heteroatoms. The van der Waals surface area contributed by atoms with E-state index in [1.165, 1.54) is 12.1 Å². The van der Waals surface area contributed by atoms with Gasteiger partial charge in [0.05, 0.1) is 0 Å². The summed E-state index contributed by atoms with van der Waals surface area (Å²) in [5.41, 5.74) is 11.7. The standard InChI is InChI=1S/C7H9FN2O/c8-4-11-7-2-5(9)1-6(10)3-7/h1-3H,4,9-10H2. The molecule has 0 saturated carbocycles. The molecule has 1 rings (SSSR count). The first-order valence-electron chi connectivity index (χ1n) is 3.07. The van der Waals surface area contributed by atoms with Crippen molar-refractivity contribution in [2.45, 2.75) is 0 Å². The summed E-state index contributed by atoms with van der Waals surface area (Å²) in [6, 6.07) is 4.59. The van der Waals surface area contributed by atoms with E-state index in [4.69, 9.17) is 11.5 Å². The van der Waals surface area contributed by atoms with Crippen molar-refractivity contribution < 1.29 is 9.13 Å². The summed E-state index contributed by atoms with van der Waals surface area (Å²) in [6.45, 7) is -0.872. The zero-order chi connectivity index (χ0) is 8.27. The molecule has 0 radical (unpaired) electrons. The Balaban J connectivity index is 2.89. The maximum Gasteiger partial charge on any atom is 0.228 e. The van der Waals surface area contributed by atoms with E-state index >= 15 is 0 Å². The van der Waals surface area contributed by atoms with E-state index in [0.717, 1.165) is 0 Å². The van der Waals surface area contributed by atoms with Gasteiger partial charge in [-0.1, -0.05) is 0 Å². The number of halogens is 1. The van der Waals surface area contributed by atoms with Gasteiger partial charge in [-0.05, 0) is 6.07 Å². The van der Waals surface area contributed by atoms with Crippen molar-refractivity contribution in [3.05, 3.63) is 18.2 Å². The molecule has 11 heavy (non-hydrogen) atoms. The van der Waals surface area contributed by atoms with Gasteiger partial charge in [0.25, 0.3) is 0 Å². The van der Waals surface area contributed by atoms with Crippen LogP contribution in [-0.4, -0.2) is 6.86 Å². The number of alkyl halides is 1. The Bertz CT molecular complexity index is 232. The van der Waals surface area contributed by atoms with Gasteiger partial charge < -0.3 is 16.2 Å². The van der Waals surface area contributed by atoms with Crippen LogP contribution >= 0.6 is 0 Å². The number of ether oxygens (including phenoxy) is 1. The fourth-order valence-corrected chi connectivity index (χ4v) is 0.792. The predicted octanol–water partition coefficient (Wildman–Crippen LogP) is 1.16. The zero-order valence-electron chi connectivity index (χ0n) is 5.88. The minimum absolute atomic E-state index is 0.352. The van der Waals surface area contributed by atoms with Gasteiger partial charge in [0.1, 0.15) is 5.75 Å². The van der Waals surface area contributed by atoms with Crippen molar-refractivity contribution in [2.75, 3.05) is 18.3 Å². The fraction of sp³-hybridized carbons (Fsp3) is 0.143. The van der Waals surface area contributed by atoms with Crippen LogP contribution in [0.25, 0.3) is 0 Å². The van der Waals surface area contributed by atoms with E-state index in [0.29, 0.717) is 17.1 Å². The minimum Gasteiger partial charge on any atom is -0.463 e. The monoisotopic (exact) mass is 156 g/mol. The SMILES string of the molecule is Nc1cc(N)cc(OCF)c1. The maximum absolute atomic E-state index is 11.6. The summed E-state index contributed by atoms with van der Waals surface area (Å²) in [4.78, 5) is 0. The predicted molar refractivity (Wildman–Crippen MR) is 41.9 cm³/mol. The summed E-state index contributed by atoms with van der Waals surface area (Å²) >= 11 is 0. The summed E-state index contributed by atoms with van der Waals surface area (Å²) in [5.74, 6) is 0.352. The number of nitrogens with two attached hydrogens (primary N) is 2. The largest absolute Gasteiger partial charge is 0.463 e. The average molecular weight is 156 g/mol. The average Bonchev–Trinajstić information content (AvgIpc) is 1.85. The van der Waals surface area contributed by atoms with Crippen molar-refractivity contribution in [1.29, 1.82) is 0 Å². The Kier molecular flexibility index (Phi) is 2.15. The highest BCUT2D eigenvalue weighted by Crippen LogP contribution is 2.19. The van der Waals surface area contributed by atoms with Crippen molar-refractivity contribution >= 4 is 11.4 Å². The number of benzene rings is 1. The molecule has 0 fully saturated rings. The third-order valence-electron chi connectivity index (χ3n) is 1.17. The van der Waals surface area contributed by atoms with Crippen LogP contribution in [0.15, 0.2) is 18.2 Å². The zero-order valence-corrected chi connectivity index (χ0v) is 5.88. The molecule has 0 unspecified atom stereocenters. The summed E-state index contributed by atoms with van der Waals surface area (Å²) < 4.78 is 16.2. The lowest BCUT2D eigenvalue weighted by molar-refractivity contribution is 0.192. The number of hydrogen-bond donors (Lipinski definition) is 2. The number of nitrogen functional groups attached to an aromatic ring is 2. The molecule has 0 saturated heterocycles. The van der Waals surface area contributed by atoms with Gasteiger partial charge in [0, 0.05) is 23.5 Å².